The number of unbranched alkanes of at least 4 members (excludes halogenated alkanes) is 15. The number of allylic oxidation sites excluding steroid dienone is 2. The standard InChI is InChI=1S/C30H58N2O3/c1-6-8-9-10-11-12-13-14-15-16-17-18-19-20-21-22-23-24-25-26-28(33)31-30(27-7-2,29(34)35)32(3,4)5/h14-15H,6-13,16-27H2,1-5H3,(H-,31,33,34,35)/b15-14+. The second kappa shape index (κ2) is 20.8. The summed E-state index contributed by atoms with van der Waals surface area (Å²) in [5, 5.41) is 14.7. The number of amides is 1. The van der Waals surface area contributed by atoms with Crippen molar-refractivity contribution >= 4 is 11.9 Å². The molecule has 0 aliphatic carbocycles. The Bertz CT molecular complexity index is 568. The average Bonchev–Trinajstić information content (AvgIpc) is 2.79. The lowest BCUT2D eigenvalue weighted by Crippen LogP contribution is -2.74. The van der Waals surface area contributed by atoms with Crippen LogP contribution >= 0.6 is 0 Å². The molecular weight excluding hydrogens is 436 g/mol. The molecule has 5 nitrogen and oxygen atoms in total. The van der Waals surface area contributed by atoms with Crippen molar-refractivity contribution in [3.05, 3.63) is 12.2 Å². The summed E-state index contributed by atoms with van der Waals surface area (Å²) in [6.45, 7) is 4.19. The molecule has 0 aromatic heterocycles. The first kappa shape index (κ1) is 33.6. The number of likely N-dealkylation sites (N-methyl/N-ethyl adjacent to an activating group) is 1. The molecule has 0 saturated carbocycles. The fourth-order valence-corrected chi connectivity index (χ4v) is 4.71. The van der Waals surface area contributed by atoms with Crippen molar-refractivity contribution in [1.29, 1.82) is 0 Å². The van der Waals surface area contributed by atoms with Crippen LogP contribution in [0.2, 0.25) is 0 Å². The first-order valence-electron chi connectivity index (χ1n) is 14.7. The van der Waals surface area contributed by atoms with E-state index in [1.54, 1.807) is 21.1 Å². The summed E-state index contributed by atoms with van der Waals surface area (Å²) in [6, 6.07) is 0. The monoisotopic (exact) mass is 494 g/mol. The van der Waals surface area contributed by atoms with E-state index in [1.165, 1.54) is 89.9 Å². The maximum Gasteiger partial charge on any atom is 0.224 e. The van der Waals surface area contributed by atoms with E-state index < -0.39 is 11.6 Å². The molecule has 0 aliphatic rings. The third-order valence-electron chi connectivity index (χ3n) is 7.11. The lowest BCUT2D eigenvalue weighted by atomic mass is 9.99. The van der Waals surface area contributed by atoms with Gasteiger partial charge in [-0.2, -0.15) is 0 Å². The van der Waals surface area contributed by atoms with Gasteiger partial charge in [0.1, 0.15) is 5.97 Å². The van der Waals surface area contributed by atoms with Gasteiger partial charge in [-0.05, 0) is 38.5 Å². The Morgan fingerprint density at radius 2 is 1.11 bits per heavy atom. The summed E-state index contributed by atoms with van der Waals surface area (Å²) >= 11 is 0. The molecule has 0 bridgehead atoms. The highest BCUT2D eigenvalue weighted by atomic mass is 16.4. The zero-order valence-corrected chi connectivity index (χ0v) is 24.0. The molecule has 1 unspecified atom stereocenters. The number of nitrogens with zero attached hydrogens (tertiary/aromatic N) is 1. The fraction of sp³-hybridized carbons (Fsp3) is 0.867. The molecule has 0 aromatic rings. The van der Waals surface area contributed by atoms with Crippen molar-refractivity contribution in [1.82, 2.24) is 5.32 Å². The van der Waals surface area contributed by atoms with Crippen LogP contribution in [0.4, 0.5) is 0 Å². The van der Waals surface area contributed by atoms with Crippen LogP contribution in [-0.2, 0) is 9.59 Å². The molecule has 1 N–H and O–H groups in total. The Morgan fingerprint density at radius 3 is 1.51 bits per heavy atom. The number of rotatable bonds is 24. The number of carbonyl (C=O) groups excluding carboxylic acids is 2. The molecule has 0 rings (SSSR count). The van der Waals surface area contributed by atoms with Gasteiger partial charge >= 0.3 is 0 Å². The molecule has 0 aromatic carbocycles. The van der Waals surface area contributed by atoms with Crippen LogP contribution in [0.15, 0.2) is 12.2 Å². The predicted octanol–water partition coefficient (Wildman–Crippen LogP) is 6.65. The molecule has 0 aliphatic heterocycles. The van der Waals surface area contributed by atoms with Crippen LogP contribution in [-0.4, -0.2) is 43.2 Å². The highest BCUT2D eigenvalue weighted by Crippen LogP contribution is 2.22. The summed E-state index contributed by atoms with van der Waals surface area (Å²) in [7, 11) is 5.37. The number of hydrogen-bond acceptors (Lipinski definition) is 3. The first-order valence-corrected chi connectivity index (χ1v) is 14.7. The molecule has 1 atom stereocenters. The van der Waals surface area contributed by atoms with Crippen LogP contribution in [0.25, 0.3) is 0 Å². The second-order valence-corrected chi connectivity index (χ2v) is 11.2. The minimum atomic E-state index is -1.37. The maximum atomic E-state index is 12.4. The normalized spacial score (nSPS) is 13.7. The van der Waals surface area contributed by atoms with Gasteiger partial charge in [0.2, 0.25) is 11.6 Å². The first-order chi connectivity index (χ1) is 16.7. The molecule has 0 heterocycles. The Labute approximate surface area is 217 Å². The number of quaternary nitrogens is 1. The lowest BCUT2D eigenvalue weighted by Gasteiger charge is -2.46. The third kappa shape index (κ3) is 16.1. The van der Waals surface area contributed by atoms with Crippen molar-refractivity contribution in [2.24, 2.45) is 0 Å². The van der Waals surface area contributed by atoms with E-state index in [9.17, 15) is 14.7 Å². The largest absolute Gasteiger partial charge is 0.542 e. The Balaban J connectivity index is 3.71. The van der Waals surface area contributed by atoms with Crippen LogP contribution in [0, 0.1) is 0 Å². The molecule has 0 saturated heterocycles. The summed E-state index contributed by atoms with van der Waals surface area (Å²) in [4.78, 5) is 24.3. The van der Waals surface area contributed by atoms with Gasteiger partial charge in [-0.25, -0.2) is 0 Å². The van der Waals surface area contributed by atoms with Gasteiger partial charge in [0, 0.05) is 12.8 Å². The maximum absolute atomic E-state index is 12.4. The van der Waals surface area contributed by atoms with Gasteiger partial charge in [-0.15, -0.1) is 0 Å². The Kier molecular flexibility index (Phi) is 20.0. The van der Waals surface area contributed by atoms with Gasteiger partial charge in [0.25, 0.3) is 0 Å². The molecule has 206 valence electrons. The van der Waals surface area contributed by atoms with E-state index in [0.717, 1.165) is 19.3 Å². The van der Waals surface area contributed by atoms with Gasteiger partial charge in [-0.3, -0.25) is 10.1 Å². The minimum Gasteiger partial charge on any atom is -0.542 e. The molecule has 0 spiro atoms. The van der Waals surface area contributed by atoms with Crippen molar-refractivity contribution in [3.63, 3.8) is 0 Å². The van der Waals surface area contributed by atoms with Gasteiger partial charge in [-0.1, -0.05) is 103 Å². The number of carboxylic acids is 1. The molecule has 35 heavy (non-hydrogen) atoms. The number of carboxylic acid groups (broad SMARTS) is 1. The zero-order valence-electron chi connectivity index (χ0n) is 24.0. The third-order valence-corrected chi connectivity index (χ3v) is 7.11. The molecule has 0 fully saturated rings. The number of carbonyl (C=O) groups is 2. The van der Waals surface area contributed by atoms with E-state index in [4.69, 9.17) is 0 Å². The topological polar surface area (TPSA) is 69.2 Å². The van der Waals surface area contributed by atoms with E-state index in [0.29, 0.717) is 19.3 Å². The van der Waals surface area contributed by atoms with Crippen molar-refractivity contribution in [2.75, 3.05) is 21.1 Å². The Morgan fingerprint density at radius 1 is 0.686 bits per heavy atom. The number of aliphatic carboxylic acids is 1. The second-order valence-electron chi connectivity index (χ2n) is 11.2. The van der Waals surface area contributed by atoms with Gasteiger partial charge in [0.05, 0.1) is 21.1 Å². The fourth-order valence-electron chi connectivity index (χ4n) is 4.71. The highest BCUT2D eigenvalue weighted by Gasteiger charge is 2.45. The van der Waals surface area contributed by atoms with E-state index in [-0.39, 0.29) is 10.4 Å². The summed E-state index contributed by atoms with van der Waals surface area (Å²) < 4.78 is 0.115. The minimum absolute atomic E-state index is 0.115. The van der Waals surface area contributed by atoms with Crippen molar-refractivity contribution in [3.8, 4) is 0 Å². The van der Waals surface area contributed by atoms with Gasteiger partial charge in [0.15, 0.2) is 0 Å². The van der Waals surface area contributed by atoms with Crippen LogP contribution < -0.4 is 10.4 Å². The van der Waals surface area contributed by atoms with Crippen molar-refractivity contribution < 1.29 is 19.2 Å². The molecule has 1 amide bonds. The summed E-state index contributed by atoms with van der Waals surface area (Å²) in [5.41, 5.74) is -1.37. The SMILES string of the molecule is CCCCCCCC/C=C/CCCCCCCCCCCC(=O)NC(CCC)(C(=O)[O-])[N+](C)(C)C. The highest BCUT2D eigenvalue weighted by molar-refractivity contribution is 5.84. The van der Waals surface area contributed by atoms with Crippen LogP contribution in [0.3, 0.4) is 0 Å². The van der Waals surface area contributed by atoms with E-state index >= 15 is 0 Å². The van der Waals surface area contributed by atoms with Crippen LogP contribution in [0.5, 0.6) is 0 Å². The predicted molar refractivity (Wildman–Crippen MR) is 147 cm³/mol. The lowest BCUT2D eigenvalue weighted by molar-refractivity contribution is -0.919. The molecule has 5 heteroatoms. The number of hydrogen-bond donors (Lipinski definition) is 1. The average molecular weight is 495 g/mol. The van der Waals surface area contributed by atoms with Crippen molar-refractivity contribution in [2.45, 2.75) is 148 Å². The summed E-state index contributed by atoms with van der Waals surface area (Å²) in [5.74, 6) is -1.39. The molecular formula is C30H58N2O3. The summed E-state index contributed by atoms with van der Waals surface area (Å²) in [6.07, 6.45) is 27.6. The van der Waals surface area contributed by atoms with E-state index in [2.05, 4.69) is 24.4 Å². The Hall–Kier alpha value is -1.36. The quantitative estimate of drug-likeness (QED) is 0.0706. The van der Waals surface area contributed by atoms with Crippen LogP contribution in [0.1, 0.15) is 142 Å². The number of nitrogens with one attached hydrogen (secondary N) is 1. The smallest absolute Gasteiger partial charge is 0.224 e. The zero-order chi connectivity index (χ0) is 26.4. The van der Waals surface area contributed by atoms with E-state index in [1.807, 2.05) is 6.92 Å². The molecule has 0 radical (unpaired) electrons. The van der Waals surface area contributed by atoms with Gasteiger partial charge < -0.3 is 14.4 Å².